The van der Waals surface area contributed by atoms with Crippen LogP contribution in [-0.2, 0) is 6.54 Å². The van der Waals surface area contributed by atoms with E-state index in [1.807, 2.05) is 29.5 Å². The number of hydrogen-bond acceptors (Lipinski definition) is 5. The number of nitrogens with zero attached hydrogens (tertiary/aromatic N) is 2. The van der Waals surface area contributed by atoms with E-state index in [2.05, 4.69) is 38.0 Å². The third-order valence-corrected chi connectivity index (χ3v) is 6.02. The highest BCUT2D eigenvalue weighted by atomic mass is 32.1. The zero-order valence-corrected chi connectivity index (χ0v) is 17.7. The molecule has 7 heteroatoms. The molecule has 0 saturated carbocycles. The summed E-state index contributed by atoms with van der Waals surface area (Å²) in [6.07, 6.45) is 2.57. The topological polar surface area (TPSA) is 58.1 Å². The molecule has 1 aliphatic rings. The molecule has 1 aliphatic heterocycles. The van der Waals surface area contributed by atoms with Crippen molar-refractivity contribution < 1.29 is 9.47 Å². The first-order valence-electron chi connectivity index (χ1n) is 9.68. The molecule has 28 heavy (non-hydrogen) atoms. The summed E-state index contributed by atoms with van der Waals surface area (Å²) >= 11 is 1.83. The number of benzene rings is 1. The zero-order chi connectivity index (χ0) is 19.8. The first-order valence-corrected chi connectivity index (χ1v) is 10.6. The Morgan fingerprint density at radius 2 is 1.93 bits per heavy atom. The number of nitrogens with one attached hydrogen (secondary N) is 2. The third-order valence-electron chi connectivity index (χ3n) is 5.05. The van der Waals surface area contributed by atoms with Crippen LogP contribution in [0.1, 0.15) is 29.3 Å². The summed E-state index contributed by atoms with van der Waals surface area (Å²) in [7, 11) is 5.10. The van der Waals surface area contributed by atoms with Gasteiger partial charge in [-0.15, -0.1) is 11.3 Å². The summed E-state index contributed by atoms with van der Waals surface area (Å²) in [5, 5.41) is 9.05. The van der Waals surface area contributed by atoms with Crippen molar-refractivity contribution in [2.45, 2.75) is 25.4 Å². The van der Waals surface area contributed by atoms with Gasteiger partial charge in [0.1, 0.15) is 0 Å². The molecule has 152 valence electrons. The molecular formula is C21H30N4O2S. The average Bonchev–Trinajstić information content (AvgIpc) is 3.45. The van der Waals surface area contributed by atoms with Crippen molar-refractivity contribution in [1.29, 1.82) is 0 Å². The molecular weight excluding hydrogens is 372 g/mol. The van der Waals surface area contributed by atoms with Gasteiger partial charge in [0.05, 0.1) is 20.3 Å². The van der Waals surface area contributed by atoms with Gasteiger partial charge in [-0.25, -0.2) is 0 Å². The molecule has 1 aromatic heterocycles. The number of likely N-dealkylation sites (tertiary alicyclic amines) is 1. The van der Waals surface area contributed by atoms with E-state index in [4.69, 9.17) is 9.47 Å². The molecule has 2 N–H and O–H groups in total. The average molecular weight is 403 g/mol. The maximum absolute atomic E-state index is 5.38. The van der Waals surface area contributed by atoms with Gasteiger partial charge >= 0.3 is 0 Å². The van der Waals surface area contributed by atoms with Crippen molar-refractivity contribution in [3.63, 3.8) is 0 Å². The zero-order valence-electron chi connectivity index (χ0n) is 16.9. The predicted octanol–water partition coefficient (Wildman–Crippen LogP) is 3.27. The molecule has 1 unspecified atom stereocenters. The standard InChI is InChI=1S/C21H30N4O2S/c1-22-21(23-14-16-8-9-18(26-2)19(13-16)27-3)24-15-17(20-7-6-12-28-20)25-10-4-5-11-25/h6-9,12-13,17H,4-5,10-11,14-15H2,1-3H3,(H2,22,23,24). The lowest BCUT2D eigenvalue weighted by Gasteiger charge is -2.27. The van der Waals surface area contributed by atoms with E-state index < -0.39 is 0 Å². The summed E-state index contributed by atoms with van der Waals surface area (Å²) in [6.45, 7) is 3.84. The van der Waals surface area contributed by atoms with Crippen LogP contribution in [0.5, 0.6) is 11.5 Å². The number of guanidine groups is 1. The fourth-order valence-corrected chi connectivity index (χ4v) is 4.40. The van der Waals surface area contributed by atoms with E-state index in [0.29, 0.717) is 12.6 Å². The molecule has 1 saturated heterocycles. The number of ether oxygens (including phenoxy) is 2. The molecule has 0 radical (unpaired) electrons. The van der Waals surface area contributed by atoms with Crippen LogP contribution in [0, 0.1) is 0 Å². The van der Waals surface area contributed by atoms with E-state index >= 15 is 0 Å². The van der Waals surface area contributed by atoms with Crippen molar-refractivity contribution in [3.05, 3.63) is 46.2 Å². The SMILES string of the molecule is CN=C(NCc1ccc(OC)c(OC)c1)NCC(c1cccs1)N1CCCC1. The second-order valence-corrected chi connectivity index (χ2v) is 7.75. The maximum Gasteiger partial charge on any atom is 0.191 e. The van der Waals surface area contributed by atoms with Gasteiger partial charge in [0.25, 0.3) is 0 Å². The van der Waals surface area contributed by atoms with Gasteiger partial charge in [-0.2, -0.15) is 0 Å². The molecule has 2 aromatic rings. The fourth-order valence-electron chi connectivity index (χ4n) is 3.53. The second kappa shape index (κ2) is 10.3. The highest BCUT2D eigenvalue weighted by molar-refractivity contribution is 7.10. The van der Waals surface area contributed by atoms with Crippen LogP contribution < -0.4 is 20.1 Å². The van der Waals surface area contributed by atoms with Crippen molar-refractivity contribution in [2.75, 3.05) is 40.9 Å². The highest BCUT2D eigenvalue weighted by Crippen LogP contribution is 2.28. The Hall–Kier alpha value is -2.25. The van der Waals surface area contributed by atoms with Crippen LogP contribution >= 0.6 is 11.3 Å². The van der Waals surface area contributed by atoms with E-state index in [-0.39, 0.29) is 0 Å². The van der Waals surface area contributed by atoms with Crippen molar-refractivity contribution in [3.8, 4) is 11.5 Å². The van der Waals surface area contributed by atoms with E-state index in [1.165, 1.54) is 30.8 Å². The first-order chi connectivity index (χ1) is 13.7. The summed E-state index contributed by atoms with van der Waals surface area (Å²) in [6, 6.07) is 10.7. The minimum Gasteiger partial charge on any atom is -0.493 e. The second-order valence-electron chi connectivity index (χ2n) is 6.77. The monoisotopic (exact) mass is 402 g/mol. The largest absolute Gasteiger partial charge is 0.493 e. The van der Waals surface area contributed by atoms with E-state index in [9.17, 15) is 0 Å². The normalized spacial score (nSPS) is 16.0. The van der Waals surface area contributed by atoms with Gasteiger partial charge in [-0.3, -0.25) is 9.89 Å². The quantitative estimate of drug-likeness (QED) is 0.524. The molecule has 2 heterocycles. The van der Waals surface area contributed by atoms with Gasteiger partial charge in [0.2, 0.25) is 0 Å². The van der Waals surface area contributed by atoms with Crippen molar-refractivity contribution >= 4 is 17.3 Å². The lowest BCUT2D eigenvalue weighted by molar-refractivity contribution is 0.249. The lowest BCUT2D eigenvalue weighted by atomic mass is 10.2. The fraction of sp³-hybridized carbons (Fsp3) is 0.476. The van der Waals surface area contributed by atoms with Crippen LogP contribution in [0.3, 0.4) is 0 Å². The molecule has 0 spiro atoms. The number of thiophene rings is 1. The Morgan fingerprint density at radius 1 is 1.14 bits per heavy atom. The van der Waals surface area contributed by atoms with E-state index in [1.54, 1.807) is 21.3 Å². The predicted molar refractivity (Wildman–Crippen MR) is 116 cm³/mol. The van der Waals surface area contributed by atoms with Gasteiger partial charge in [0.15, 0.2) is 17.5 Å². The summed E-state index contributed by atoms with van der Waals surface area (Å²) in [5.74, 6) is 2.27. The van der Waals surface area contributed by atoms with Crippen molar-refractivity contribution in [1.82, 2.24) is 15.5 Å². The Morgan fingerprint density at radius 3 is 2.57 bits per heavy atom. The van der Waals surface area contributed by atoms with E-state index in [0.717, 1.165) is 29.6 Å². The summed E-state index contributed by atoms with van der Waals surface area (Å²) in [4.78, 5) is 8.36. The first kappa shape index (κ1) is 20.5. The van der Waals surface area contributed by atoms with Gasteiger partial charge in [-0.05, 0) is 55.1 Å². The lowest BCUT2D eigenvalue weighted by Crippen LogP contribution is -2.42. The van der Waals surface area contributed by atoms with Gasteiger partial charge in [0, 0.05) is 25.0 Å². The molecule has 1 fully saturated rings. The molecule has 1 atom stereocenters. The number of rotatable bonds is 8. The number of methoxy groups -OCH3 is 2. The third kappa shape index (κ3) is 5.17. The highest BCUT2D eigenvalue weighted by Gasteiger charge is 2.24. The van der Waals surface area contributed by atoms with Gasteiger partial charge in [-0.1, -0.05) is 12.1 Å². The molecule has 1 aromatic carbocycles. The molecule has 3 rings (SSSR count). The van der Waals surface area contributed by atoms with Crippen LogP contribution in [0.4, 0.5) is 0 Å². The van der Waals surface area contributed by atoms with Crippen molar-refractivity contribution in [2.24, 2.45) is 4.99 Å². The molecule has 0 amide bonds. The molecule has 0 aliphatic carbocycles. The molecule has 0 bridgehead atoms. The Labute approximate surface area is 171 Å². The number of hydrogen-bond donors (Lipinski definition) is 2. The van der Waals surface area contributed by atoms with Crippen LogP contribution in [0.25, 0.3) is 0 Å². The Bertz CT molecular complexity index is 758. The molecule has 6 nitrogen and oxygen atoms in total. The van der Waals surface area contributed by atoms with Gasteiger partial charge < -0.3 is 20.1 Å². The minimum atomic E-state index is 0.391. The smallest absolute Gasteiger partial charge is 0.191 e. The summed E-state index contributed by atoms with van der Waals surface area (Å²) in [5.41, 5.74) is 1.11. The minimum absolute atomic E-state index is 0.391. The van der Waals surface area contributed by atoms with Crippen LogP contribution in [0.15, 0.2) is 40.7 Å². The number of aliphatic imine (C=N–C) groups is 1. The Balaban J connectivity index is 1.58. The summed E-state index contributed by atoms with van der Waals surface area (Å²) < 4.78 is 10.7. The van der Waals surface area contributed by atoms with Crippen LogP contribution in [-0.4, -0.2) is 51.8 Å². The maximum atomic E-state index is 5.38. The Kier molecular flexibility index (Phi) is 7.56. The van der Waals surface area contributed by atoms with Crippen LogP contribution in [0.2, 0.25) is 0 Å².